The quantitative estimate of drug-likeness (QED) is 0.847. The fourth-order valence-corrected chi connectivity index (χ4v) is 1.54. The van der Waals surface area contributed by atoms with Gasteiger partial charge in [0.1, 0.15) is 0 Å². The number of nitrogens with zero attached hydrogens (tertiary/aromatic N) is 1. The van der Waals surface area contributed by atoms with Crippen LogP contribution in [-0.4, -0.2) is 11.0 Å². The molecule has 0 aliphatic rings. The van der Waals surface area contributed by atoms with Gasteiger partial charge in [0.15, 0.2) is 0 Å². The molecule has 0 aliphatic heterocycles. The molecule has 1 aromatic heterocycles. The van der Waals surface area contributed by atoms with Gasteiger partial charge in [-0.05, 0) is 38.1 Å². The molecular weight excluding hydrogens is 226 g/mol. The van der Waals surface area contributed by atoms with Crippen molar-refractivity contribution in [3.63, 3.8) is 0 Å². The lowest BCUT2D eigenvalue weighted by Gasteiger charge is -2.09. The van der Waals surface area contributed by atoms with Gasteiger partial charge in [0, 0.05) is 11.9 Å². The van der Waals surface area contributed by atoms with Crippen LogP contribution >= 0.6 is 0 Å². The molecule has 0 aliphatic carbocycles. The van der Waals surface area contributed by atoms with Gasteiger partial charge in [-0.2, -0.15) is 0 Å². The van der Waals surface area contributed by atoms with Crippen LogP contribution in [0.2, 0.25) is 0 Å². The summed E-state index contributed by atoms with van der Waals surface area (Å²) in [5.74, 6) is 0. The van der Waals surface area contributed by atoms with Crippen molar-refractivity contribution in [2.45, 2.75) is 13.8 Å². The van der Waals surface area contributed by atoms with Crippen molar-refractivity contribution in [3.8, 4) is 0 Å². The van der Waals surface area contributed by atoms with Gasteiger partial charge in [0.05, 0.1) is 11.4 Å². The van der Waals surface area contributed by atoms with Crippen LogP contribution in [0.15, 0.2) is 42.6 Å². The summed E-state index contributed by atoms with van der Waals surface area (Å²) in [5, 5.41) is 5.53. The maximum Gasteiger partial charge on any atom is 0.323 e. The molecule has 0 saturated carbocycles. The molecule has 0 fully saturated rings. The monoisotopic (exact) mass is 241 g/mol. The molecule has 0 radical (unpaired) electrons. The fourth-order valence-electron chi connectivity index (χ4n) is 1.54. The van der Waals surface area contributed by atoms with E-state index in [1.807, 2.05) is 44.2 Å². The molecule has 2 aromatic rings. The topological polar surface area (TPSA) is 54.0 Å². The molecule has 92 valence electrons. The average Bonchev–Trinajstić information content (AvgIpc) is 2.35. The average molecular weight is 241 g/mol. The molecule has 2 amide bonds. The van der Waals surface area contributed by atoms with Gasteiger partial charge >= 0.3 is 6.03 Å². The van der Waals surface area contributed by atoms with E-state index in [9.17, 15) is 4.79 Å². The highest BCUT2D eigenvalue weighted by molar-refractivity contribution is 6.00. The number of urea groups is 1. The minimum absolute atomic E-state index is 0.269. The number of carbonyl (C=O) groups excluding carboxylic acids is 1. The normalized spacial score (nSPS) is 9.89. The Morgan fingerprint density at radius 2 is 1.78 bits per heavy atom. The van der Waals surface area contributed by atoms with Crippen molar-refractivity contribution in [2.75, 3.05) is 10.6 Å². The van der Waals surface area contributed by atoms with Gasteiger partial charge in [-0.15, -0.1) is 0 Å². The first kappa shape index (κ1) is 12.1. The van der Waals surface area contributed by atoms with Crippen molar-refractivity contribution < 1.29 is 4.79 Å². The predicted molar refractivity (Wildman–Crippen MR) is 72.8 cm³/mol. The third kappa shape index (κ3) is 3.07. The number of pyridine rings is 1. The number of hydrogen-bond donors (Lipinski definition) is 2. The van der Waals surface area contributed by atoms with Gasteiger partial charge in [-0.1, -0.05) is 17.7 Å². The highest BCUT2D eigenvalue weighted by atomic mass is 16.2. The minimum atomic E-state index is -0.269. The lowest BCUT2D eigenvalue weighted by Crippen LogP contribution is -2.20. The molecular formula is C14H15N3O. The van der Waals surface area contributed by atoms with Gasteiger partial charge in [0.25, 0.3) is 0 Å². The molecule has 4 nitrogen and oxygen atoms in total. The summed E-state index contributed by atoms with van der Waals surface area (Å²) in [4.78, 5) is 15.9. The molecule has 0 spiro atoms. The van der Waals surface area contributed by atoms with Gasteiger partial charge < -0.3 is 10.6 Å². The van der Waals surface area contributed by atoms with Crippen molar-refractivity contribution in [1.82, 2.24) is 4.98 Å². The van der Waals surface area contributed by atoms with E-state index in [1.165, 1.54) is 0 Å². The lowest BCUT2D eigenvalue weighted by molar-refractivity contribution is 0.262. The second-order valence-corrected chi connectivity index (χ2v) is 4.08. The van der Waals surface area contributed by atoms with E-state index in [4.69, 9.17) is 0 Å². The predicted octanol–water partition coefficient (Wildman–Crippen LogP) is 3.34. The summed E-state index contributed by atoms with van der Waals surface area (Å²) in [6, 6.07) is 11.0. The highest BCUT2D eigenvalue weighted by Gasteiger charge is 2.04. The first-order valence-electron chi connectivity index (χ1n) is 5.71. The minimum Gasteiger partial charge on any atom is -0.308 e. The number of hydrogen-bond acceptors (Lipinski definition) is 2. The van der Waals surface area contributed by atoms with E-state index in [2.05, 4.69) is 15.6 Å². The number of rotatable bonds is 2. The van der Waals surface area contributed by atoms with Gasteiger partial charge in [-0.25, -0.2) is 4.79 Å². The van der Waals surface area contributed by atoms with Crippen LogP contribution in [0.25, 0.3) is 0 Å². The van der Waals surface area contributed by atoms with Crippen LogP contribution in [0.3, 0.4) is 0 Å². The second-order valence-electron chi connectivity index (χ2n) is 4.08. The maximum atomic E-state index is 11.8. The van der Waals surface area contributed by atoms with E-state index < -0.39 is 0 Å². The third-order valence-corrected chi connectivity index (χ3v) is 2.56. The van der Waals surface area contributed by atoms with E-state index in [-0.39, 0.29) is 6.03 Å². The number of aromatic nitrogens is 1. The zero-order valence-electron chi connectivity index (χ0n) is 10.4. The van der Waals surface area contributed by atoms with Crippen molar-refractivity contribution >= 4 is 17.4 Å². The highest BCUT2D eigenvalue weighted by Crippen LogP contribution is 2.12. The number of benzene rings is 1. The van der Waals surface area contributed by atoms with Crippen LogP contribution in [0, 0.1) is 13.8 Å². The fraction of sp³-hybridized carbons (Fsp3) is 0.143. The molecule has 0 saturated heterocycles. The number of anilines is 2. The number of carbonyl (C=O) groups is 1. The van der Waals surface area contributed by atoms with E-state index in [0.717, 1.165) is 16.9 Å². The Morgan fingerprint density at radius 3 is 2.44 bits per heavy atom. The molecule has 4 heteroatoms. The lowest BCUT2D eigenvalue weighted by atomic mass is 10.2. The Hall–Kier alpha value is -2.36. The number of nitrogens with one attached hydrogen (secondary N) is 2. The maximum absolute atomic E-state index is 11.8. The smallest absolute Gasteiger partial charge is 0.308 e. The molecule has 0 atom stereocenters. The zero-order chi connectivity index (χ0) is 13.0. The summed E-state index contributed by atoms with van der Waals surface area (Å²) in [6.45, 7) is 3.85. The molecule has 2 N–H and O–H groups in total. The first-order valence-corrected chi connectivity index (χ1v) is 5.71. The van der Waals surface area contributed by atoms with Crippen molar-refractivity contribution in [3.05, 3.63) is 53.9 Å². The molecule has 18 heavy (non-hydrogen) atoms. The Labute approximate surface area is 106 Å². The van der Waals surface area contributed by atoms with Crippen LogP contribution in [0.1, 0.15) is 11.3 Å². The Kier molecular flexibility index (Phi) is 3.57. The van der Waals surface area contributed by atoms with Crippen molar-refractivity contribution in [1.29, 1.82) is 0 Å². The van der Waals surface area contributed by atoms with Crippen molar-refractivity contribution in [2.24, 2.45) is 0 Å². The van der Waals surface area contributed by atoms with E-state index in [0.29, 0.717) is 5.69 Å². The van der Waals surface area contributed by atoms with Gasteiger partial charge in [0.2, 0.25) is 0 Å². The summed E-state index contributed by atoms with van der Waals surface area (Å²) in [5.41, 5.74) is 3.42. The Morgan fingerprint density at radius 1 is 1.06 bits per heavy atom. The van der Waals surface area contributed by atoms with Crippen LogP contribution < -0.4 is 10.6 Å². The molecule has 1 aromatic carbocycles. The summed E-state index contributed by atoms with van der Waals surface area (Å²) < 4.78 is 0. The standard InChI is InChI=1S/C14H15N3O/c1-10-5-7-12(8-6-10)16-14(18)17-13-4-3-9-15-11(13)2/h3-9H,1-2H3,(H2,16,17,18). The third-order valence-electron chi connectivity index (χ3n) is 2.56. The summed E-state index contributed by atoms with van der Waals surface area (Å²) in [7, 11) is 0. The van der Waals surface area contributed by atoms with Gasteiger partial charge in [-0.3, -0.25) is 4.98 Å². The molecule has 1 heterocycles. The largest absolute Gasteiger partial charge is 0.323 e. The molecule has 0 bridgehead atoms. The number of aryl methyl sites for hydroxylation is 2. The van der Waals surface area contributed by atoms with Crippen LogP contribution in [-0.2, 0) is 0 Å². The zero-order valence-corrected chi connectivity index (χ0v) is 10.4. The van der Waals surface area contributed by atoms with Crippen LogP contribution in [0.4, 0.5) is 16.2 Å². The Bertz CT molecular complexity index is 549. The molecule has 2 rings (SSSR count). The molecule has 0 unspecified atom stereocenters. The second kappa shape index (κ2) is 5.31. The SMILES string of the molecule is Cc1ccc(NC(=O)Nc2cccnc2C)cc1. The Balaban J connectivity index is 2.01. The van der Waals surface area contributed by atoms with E-state index >= 15 is 0 Å². The van der Waals surface area contributed by atoms with Crippen LogP contribution in [0.5, 0.6) is 0 Å². The first-order chi connectivity index (χ1) is 8.65. The number of amides is 2. The summed E-state index contributed by atoms with van der Waals surface area (Å²) in [6.07, 6.45) is 1.69. The van der Waals surface area contributed by atoms with E-state index in [1.54, 1.807) is 12.3 Å². The summed E-state index contributed by atoms with van der Waals surface area (Å²) >= 11 is 0.